The van der Waals surface area contributed by atoms with Gasteiger partial charge >= 0.3 is 0 Å². The van der Waals surface area contributed by atoms with Gasteiger partial charge in [-0.25, -0.2) is 8.42 Å². The second-order valence-electron chi connectivity index (χ2n) is 6.08. The number of hydrogen-bond acceptors (Lipinski definition) is 7. The predicted molar refractivity (Wildman–Crippen MR) is 108 cm³/mol. The third-order valence-electron chi connectivity index (χ3n) is 3.92. The highest BCUT2D eigenvalue weighted by Crippen LogP contribution is 2.34. The molecule has 0 aromatic heterocycles. The minimum atomic E-state index is -3.49. The maximum absolute atomic E-state index is 12.4. The molecule has 0 spiro atoms. The maximum Gasteiger partial charge on any atom is 0.243 e. The number of benzene rings is 2. The predicted octanol–water partition coefficient (Wildman–Crippen LogP) is 2.47. The van der Waals surface area contributed by atoms with Gasteiger partial charge in [0.1, 0.15) is 16.4 Å². The summed E-state index contributed by atoms with van der Waals surface area (Å²) in [6, 6.07) is 8.29. The Morgan fingerprint density at radius 2 is 1.71 bits per heavy atom. The fraction of sp³-hybridized carbons (Fsp3) is 0.316. The van der Waals surface area contributed by atoms with Gasteiger partial charge < -0.3 is 24.8 Å². The molecule has 9 heteroatoms. The van der Waals surface area contributed by atoms with Crippen molar-refractivity contribution in [3.05, 3.63) is 35.9 Å². The summed E-state index contributed by atoms with van der Waals surface area (Å²) in [7, 11) is 0.916. The second kappa shape index (κ2) is 8.83. The molecule has 8 nitrogen and oxygen atoms in total. The summed E-state index contributed by atoms with van der Waals surface area (Å²) >= 11 is 0. The quantitative estimate of drug-likeness (QED) is 0.692. The molecule has 152 valence electrons. The Morgan fingerprint density at radius 3 is 2.29 bits per heavy atom. The molecule has 0 saturated heterocycles. The van der Waals surface area contributed by atoms with Crippen LogP contribution in [0.2, 0.25) is 0 Å². The Hall–Kier alpha value is -2.94. The fourth-order valence-corrected chi connectivity index (χ4v) is 3.57. The van der Waals surface area contributed by atoms with Crippen molar-refractivity contribution in [3.63, 3.8) is 0 Å². The number of nitrogens with one attached hydrogen (secondary N) is 2. The molecule has 0 heterocycles. The van der Waals surface area contributed by atoms with Gasteiger partial charge in [0.25, 0.3) is 0 Å². The molecule has 1 amide bonds. The van der Waals surface area contributed by atoms with Crippen LogP contribution in [0.25, 0.3) is 0 Å². The van der Waals surface area contributed by atoms with Crippen LogP contribution in [-0.2, 0) is 14.6 Å². The van der Waals surface area contributed by atoms with Gasteiger partial charge in [-0.15, -0.1) is 0 Å². The molecule has 0 unspecified atom stereocenters. The molecule has 2 N–H and O–H groups in total. The van der Waals surface area contributed by atoms with E-state index in [0.717, 1.165) is 11.8 Å². The van der Waals surface area contributed by atoms with Crippen molar-refractivity contribution in [2.45, 2.75) is 11.8 Å². The van der Waals surface area contributed by atoms with Gasteiger partial charge in [0.2, 0.25) is 5.91 Å². The number of carbonyl (C=O) groups excluding carboxylic acids is 1. The number of amides is 1. The second-order valence-corrected chi connectivity index (χ2v) is 8.07. The highest BCUT2D eigenvalue weighted by atomic mass is 32.2. The highest BCUT2D eigenvalue weighted by molar-refractivity contribution is 7.90. The zero-order valence-corrected chi connectivity index (χ0v) is 17.3. The summed E-state index contributed by atoms with van der Waals surface area (Å²) in [4.78, 5) is 12.5. The fourth-order valence-electron chi connectivity index (χ4n) is 2.64. The first-order chi connectivity index (χ1) is 13.2. The van der Waals surface area contributed by atoms with E-state index >= 15 is 0 Å². The lowest BCUT2D eigenvalue weighted by atomic mass is 10.2. The molecule has 0 fully saturated rings. The lowest BCUT2D eigenvalue weighted by Crippen LogP contribution is -2.22. The Bertz CT molecular complexity index is 973. The largest absolute Gasteiger partial charge is 0.497 e. The van der Waals surface area contributed by atoms with Crippen molar-refractivity contribution >= 4 is 27.1 Å². The summed E-state index contributed by atoms with van der Waals surface area (Å²) in [5.41, 5.74) is 1.59. The van der Waals surface area contributed by atoms with Crippen LogP contribution in [0.15, 0.2) is 35.2 Å². The van der Waals surface area contributed by atoms with Crippen LogP contribution in [0.5, 0.6) is 17.2 Å². The minimum absolute atomic E-state index is 0.0624. The van der Waals surface area contributed by atoms with E-state index in [2.05, 4.69) is 10.6 Å². The van der Waals surface area contributed by atoms with E-state index in [1.54, 1.807) is 31.2 Å². The molecule has 2 aromatic rings. The smallest absolute Gasteiger partial charge is 0.243 e. The average Bonchev–Trinajstić information content (AvgIpc) is 2.65. The third-order valence-corrected chi connectivity index (χ3v) is 5.03. The molecule has 0 aliphatic rings. The van der Waals surface area contributed by atoms with Crippen LogP contribution < -0.4 is 24.8 Å². The van der Waals surface area contributed by atoms with Gasteiger partial charge in [0, 0.05) is 12.3 Å². The first-order valence-electron chi connectivity index (χ1n) is 8.34. The first-order valence-corrected chi connectivity index (χ1v) is 10.2. The monoisotopic (exact) mass is 408 g/mol. The number of methoxy groups -OCH3 is 3. The van der Waals surface area contributed by atoms with E-state index in [1.165, 1.54) is 27.4 Å². The third kappa shape index (κ3) is 5.07. The number of ether oxygens (including phenoxy) is 3. The number of rotatable bonds is 8. The van der Waals surface area contributed by atoms with Crippen LogP contribution in [0.3, 0.4) is 0 Å². The summed E-state index contributed by atoms with van der Waals surface area (Å²) in [6.45, 7) is 1.66. The van der Waals surface area contributed by atoms with Crippen molar-refractivity contribution in [1.82, 2.24) is 0 Å². The van der Waals surface area contributed by atoms with Gasteiger partial charge in [-0.05, 0) is 36.8 Å². The number of carbonyl (C=O) groups is 1. The lowest BCUT2D eigenvalue weighted by Gasteiger charge is -2.16. The topological polar surface area (TPSA) is 103 Å². The summed E-state index contributed by atoms with van der Waals surface area (Å²) in [5.74, 6) is 0.875. The van der Waals surface area contributed by atoms with E-state index in [-0.39, 0.29) is 23.1 Å². The van der Waals surface area contributed by atoms with Crippen molar-refractivity contribution in [2.75, 3.05) is 44.8 Å². The molecule has 0 saturated carbocycles. The summed E-state index contributed by atoms with van der Waals surface area (Å²) < 4.78 is 39.7. The van der Waals surface area contributed by atoms with Gasteiger partial charge in [-0.2, -0.15) is 0 Å². The Kier molecular flexibility index (Phi) is 6.74. The van der Waals surface area contributed by atoms with Crippen LogP contribution in [0, 0.1) is 6.92 Å². The number of sulfone groups is 1. The molecule has 0 aliphatic carbocycles. The zero-order valence-electron chi connectivity index (χ0n) is 16.5. The van der Waals surface area contributed by atoms with E-state index < -0.39 is 9.84 Å². The van der Waals surface area contributed by atoms with Crippen LogP contribution in [-0.4, -0.2) is 48.5 Å². The molecular formula is C19H24N2O6S. The van der Waals surface area contributed by atoms with E-state index in [9.17, 15) is 13.2 Å². The lowest BCUT2D eigenvalue weighted by molar-refractivity contribution is -0.114. The van der Waals surface area contributed by atoms with Crippen molar-refractivity contribution in [1.29, 1.82) is 0 Å². The molecular weight excluding hydrogens is 384 g/mol. The van der Waals surface area contributed by atoms with Crippen molar-refractivity contribution < 1.29 is 27.4 Å². The minimum Gasteiger partial charge on any atom is -0.497 e. The van der Waals surface area contributed by atoms with E-state index in [1.807, 2.05) is 0 Å². The standard InChI is InChI=1S/C19H24N2O6S/c1-12-8-15(19(27-4)17(9-12)28(5,23)24)20-11-18(22)21-14-10-13(25-2)6-7-16(14)26-3/h6-10,20H,11H2,1-5H3,(H,21,22). The van der Waals surface area contributed by atoms with Gasteiger partial charge in [-0.3, -0.25) is 4.79 Å². The van der Waals surface area contributed by atoms with E-state index in [4.69, 9.17) is 14.2 Å². The molecule has 2 aromatic carbocycles. The number of anilines is 2. The summed E-state index contributed by atoms with van der Waals surface area (Å²) in [5, 5.41) is 5.67. The zero-order chi connectivity index (χ0) is 20.9. The Labute approximate surface area is 164 Å². The molecule has 0 aliphatic heterocycles. The Morgan fingerprint density at radius 1 is 1.00 bits per heavy atom. The SMILES string of the molecule is COc1ccc(OC)c(NC(=O)CNc2cc(C)cc(S(C)(=O)=O)c2OC)c1. The molecule has 0 bridgehead atoms. The van der Waals surface area contributed by atoms with Gasteiger partial charge in [0.15, 0.2) is 15.6 Å². The van der Waals surface area contributed by atoms with Crippen molar-refractivity contribution in [2.24, 2.45) is 0 Å². The van der Waals surface area contributed by atoms with Gasteiger partial charge in [-0.1, -0.05) is 0 Å². The normalized spacial score (nSPS) is 10.9. The van der Waals surface area contributed by atoms with Crippen LogP contribution in [0.4, 0.5) is 11.4 Å². The molecule has 2 rings (SSSR count). The Balaban J connectivity index is 2.21. The average molecular weight is 408 g/mol. The first kappa shape index (κ1) is 21.4. The highest BCUT2D eigenvalue weighted by Gasteiger charge is 2.19. The van der Waals surface area contributed by atoms with Crippen molar-refractivity contribution in [3.8, 4) is 17.2 Å². The maximum atomic E-state index is 12.4. The molecule has 0 atom stereocenters. The van der Waals surface area contributed by atoms with Crippen LogP contribution >= 0.6 is 0 Å². The molecule has 0 radical (unpaired) electrons. The number of aryl methyl sites for hydroxylation is 1. The van der Waals surface area contributed by atoms with Crippen LogP contribution in [0.1, 0.15) is 5.56 Å². The van der Waals surface area contributed by atoms with E-state index in [0.29, 0.717) is 22.9 Å². The number of hydrogen-bond donors (Lipinski definition) is 2. The summed E-state index contributed by atoms with van der Waals surface area (Å²) in [6.07, 6.45) is 1.11. The molecule has 28 heavy (non-hydrogen) atoms. The van der Waals surface area contributed by atoms with Gasteiger partial charge in [0.05, 0.1) is 39.2 Å².